The first-order valence-electron chi connectivity index (χ1n) is 6.29. The van der Waals surface area contributed by atoms with Crippen LogP contribution in [0.4, 0.5) is 10.3 Å². The van der Waals surface area contributed by atoms with Gasteiger partial charge in [0.2, 0.25) is 5.95 Å². The van der Waals surface area contributed by atoms with Crippen LogP contribution in [-0.4, -0.2) is 39.5 Å². The van der Waals surface area contributed by atoms with Crippen LogP contribution in [0.1, 0.15) is 26.7 Å². The van der Waals surface area contributed by atoms with Gasteiger partial charge in [-0.2, -0.15) is 0 Å². The van der Waals surface area contributed by atoms with Crippen LogP contribution in [0.25, 0.3) is 0 Å². The second kappa shape index (κ2) is 8.29. The molecular weight excluding hydrogens is 267 g/mol. The van der Waals surface area contributed by atoms with E-state index in [-0.39, 0.29) is 6.10 Å². The first-order chi connectivity index (χ1) is 9.02. The van der Waals surface area contributed by atoms with Gasteiger partial charge in [0.15, 0.2) is 5.82 Å². The Hall–Kier alpha value is -0.920. The third-order valence-electron chi connectivity index (χ3n) is 2.46. The van der Waals surface area contributed by atoms with Crippen molar-refractivity contribution in [1.82, 2.24) is 9.97 Å². The standard InChI is InChI=1S/C9H13FN4S.C3H8O/c10-7-4-12-9(13-5-7)14-3-1-2-8(6-14)15-11;1-3(2)4/h4-5,8H,1-3,6,11H2;3-4H,1-2H3. The molecule has 1 aromatic heterocycles. The van der Waals surface area contributed by atoms with Crippen LogP contribution in [-0.2, 0) is 0 Å². The maximum atomic E-state index is 12.6. The second-order valence-electron chi connectivity index (χ2n) is 4.64. The first-order valence-corrected chi connectivity index (χ1v) is 7.23. The van der Waals surface area contributed by atoms with Crippen molar-refractivity contribution in [3.63, 3.8) is 0 Å². The van der Waals surface area contributed by atoms with E-state index in [0.29, 0.717) is 11.2 Å². The van der Waals surface area contributed by atoms with Crippen molar-refractivity contribution in [3.8, 4) is 0 Å². The lowest BCUT2D eigenvalue weighted by Gasteiger charge is -2.31. The summed E-state index contributed by atoms with van der Waals surface area (Å²) in [7, 11) is 0. The van der Waals surface area contributed by atoms with Crippen LogP contribution in [0.2, 0.25) is 0 Å². The molecule has 1 fully saturated rings. The lowest BCUT2D eigenvalue weighted by Crippen LogP contribution is -2.38. The Morgan fingerprint density at radius 2 is 2.05 bits per heavy atom. The van der Waals surface area contributed by atoms with E-state index in [1.807, 2.05) is 4.90 Å². The van der Waals surface area contributed by atoms with Gasteiger partial charge in [-0.05, 0) is 26.7 Å². The highest BCUT2D eigenvalue weighted by molar-refractivity contribution is 7.97. The van der Waals surface area contributed by atoms with Gasteiger partial charge in [-0.25, -0.2) is 14.4 Å². The van der Waals surface area contributed by atoms with Crippen LogP contribution >= 0.6 is 11.9 Å². The average Bonchev–Trinajstić information content (AvgIpc) is 2.39. The molecule has 7 heteroatoms. The number of aromatic nitrogens is 2. The zero-order chi connectivity index (χ0) is 14.3. The number of rotatable bonds is 2. The number of piperidine rings is 1. The van der Waals surface area contributed by atoms with Gasteiger partial charge in [0.1, 0.15) is 0 Å². The number of aliphatic hydroxyl groups excluding tert-OH is 1. The van der Waals surface area contributed by atoms with E-state index in [9.17, 15) is 4.39 Å². The van der Waals surface area contributed by atoms with Gasteiger partial charge in [-0.1, -0.05) is 11.9 Å². The summed E-state index contributed by atoms with van der Waals surface area (Å²) < 4.78 is 12.6. The summed E-state index contributed by atoms with van der Waals surface area (Å²) in [5, 5.41) is 14.0. The van der Waals surface area contributed by atoms with Gasteiger partial charge in [0, 0.05) is 24.4 Å². The summed E-state index contributed by atoms with van der Waals surface area (Å²) in [5.74, 6) is 0.190. The van der Waals surface area contributed by atoms with E-state index >= 15 is 0 Å². The molecule has 1 aromatic rings. The van der Waals surface area contributed by atoms with Crippen LogP contribution in [0, 0.1) is 5.82 Å². The molecule has 1 atom stereocenters. The molecule has 0 amide bonds. The molecule has 0 saturated carbocycles. The minimum absolute atomic E-state index is 0.167. The van der Waals surface area contributed by atoms with Gasteiger partial charge < -0.3 is 10.0 Å². The molecule has 0 aromatic carbocycles. The Bertz CT molecular complexity index is 360. The molecule has 2 heterocycles. The SMILES string of the molecule is CC(C)O.NSC1CCCN(c2ncc(F)cn2)C1. The topological polar surface area (TPSA) is 75.3 Å². The molecular formula is C12H21FN4OS. The fraction of sp³-hybridized carbons (Fsp3) is 0.667. The molecule has 1 unspecified atom stereocenters. The molecule has 19 heavy (non-hydrogen) atoms. The van der Waals surface area contributed by atoms with Gasteiger partial charge in [-0.15, -0.1) is 0 Å². The summed E-state index contributed by atoms with van der Waals surface area (Å²) in [6, 6.07) is 0. The third-order valence-corrected chi connectivity index (χ3v) is 3.23. The van der Waals surface area contributed by atoms with E-state index in [0.717, 1.165) is 25.9 Å². The first kappa shape index (κ1) is 16.1. The van der Waals surface area contributed by atoms with Gasteiger partial charge in [-0.3, -0.25) is 5.14 Å². The predicted octanol–water partition coefficient (Wildman–Crippen LogP) is 1.58. The second-order valence-corrected chi connectivity index (χ2v) is 5.58. The number of anilines is 1. The number of hydrogen-bond donors (Lipinski definition) is 2. The lowest BCUT2D eigenvalue weighted by molar-refractivity contribution is 0.216. The Kier molecular flexibility index (Phi) is 7.04. The Balaban J connectivity index is 0.000000399. The monoisotopic (exact) mass is 288 g/mol. The zero-order valence-corrected chi connectivity index (χ0v) is 12.1. The quantitative estimate of drug-likeness (QED) is 0.805. The van der Waals surface area contributed by atoms with E-state index in [1.165, 1.54) is 24.3 Å². The molecule has 2 rings (SSSR count). The molecule has 1 aliphatic heterocycles. The molecule has 0 bridgehead atoms. The van der Waals surface area contributed by atoms with Crippen molar-refractivity contribution in [2.45, 2.75) is 38.0 Å². The minimum atomic E-state index is -0.402. The molecule has 5 nitrogen and oxygen atoms in total. The maximum absolute atomic E-state index is 12.6. The number of hydrogen-bond acceptors (Lipinski definition) is 6. The zero-order valence-electron chi connectivity index (χ0n) is 11.3. The summed E-state index contributed by atoms with van der Waals surface area (Å²) in [5.41, 5.74) is 0. The molecule has 0 radical (unpaired) electrons. The Labute approximate surface area is 117 Å². The summed E-state index contributed by atoms with van der Waals surface area (Å²) in [6.07, 6.45) is 4.43. The molecule has 0 aliphatic carbocycles. The number of nitrogens with zero attached hydrogens (tertiary/aromatic N) is 3. The van der Waals surface area contributed by atoms with E-state index in [4.69, 9.17) is 10.2 Å². The van der Waals surface area contributed by atoms with Crippen molar-refractivity contribution >= 4 is 17.9 Å². The van der Waals surface area contributed by atoms with Crippen molar-refractivity contribution < 1.29 is 9.50 Å². The van der Waals surface area contributed by atoms with Crippen LogP contribution in [0.3, 0.4) is 0 Å². The molecule has 3 N–H and O–H groups in total. The van der Waals surface area contributed by atoms with Crippen LogP contribution in [0.5, 0.6) is 0 Å². The fourth-order valence-corrected chi connectivity index (χ4v) is 2.27. The highest BCUT2D eigenvalue weighted by Gasteiger charge is 2.21. The number of halogens is 1. The van der Waals surface area contributed by atoms with Crippen molar-refractivity contribution in [2.24, 2.45) is 5.14 Å². The third kappa shape index (κ3) is 6.17. The Morgan fingerprint density at radius 3 is 2.58 bits per heavy atom. The fourth-order valence-electron chi connectivity index (χ4n) is 1.70. The summed E-state index contributed by atoms with van der Waals surface area (Å²) >= 11 is 1.38. The van der Waals surface area contributed by atoms with E-state index in [2.05, 4.69) is 9.97 Å². The van der Waals surface area contributed by atoms with E-state index < -0.39 is 5.82 Å². The molecule has 1 aliphatic rings. The average molecular weight is 288 g/mol. The smallest absolute Gasteiger partial charge is 0.225 e. The van der Waals surface area contributed by atoms with Gasteiger partial charge in [0.25, 0.3) is 0 Å². The van der Waals surface area contributed by atoms with Gasteiger partial charge in [0.05, 0.1) is 12.4 Å². The van der Waals surface area contributed by atoms with Crippen molar-refractivity contribution in [3.05, 3.63) is 18.2 Å². The van der Waals surface area contributed by atoms with Crippen LogP contribution in [0.15, 0.2) is 12.4 Å². The maximum Gasteiger partial charge on any atom is 0.225 e. The largest absolute Gasteiger partial charge is 0.394 e. The summed E-state index contributed by atoms with van der Waals surface area (Å²) in [6.45, 7) is 5.20. The normalized spacial score (nSPS) is 19.1. The highest BCUT2D eigenvalue weighted by Crippen LogP contribution is 2.21. The van der Waals surface area contributed by atoms with Crippen molar-refractivity contribution in [1.29, 1.82) is 0 Å². The number of nitrogens with two attached hydrogens (primary N) is 1. The number of aliphatic hydroxyl groups is 1. The van der Waals surface area contributed by atoms with Gasteiger partial charge >= 0.3 is 0 Å². The molecule has 1 saturated heterocycles. The predicted molar refractivity (Wildman–Crippen MR) is 76.4 cm³/mol. The molecule has 0 spiro atoms. The lowest BCUT2D eigenvalue weighted by atomic mass is 10.1. The molecule has 108 valence electrons. The Morgan fingerprint density at radius 1 is 1.47 bits per heavy atom. The van der Waals surface area contributed by atoms with E-state index in [1.54, 1.807) is 13.8 Å². The minimum Gasteiger partial charge on any atom is -0.394 e. The highest BCUT2D eigenvalue weighted by atomic mass is 32.2. The van der Waals surface area contributed by atoms with Crippen LogP contribution < -0.4 is 10.0 Å². The van der Waals surface area contributed by atoms with Crippen molar-refractivity contribution in [2.75, 3.05) is 18.0 Å². The summed E-state index contributed by atoms with van der Waals surface area (Å²) in [4.78, 5) is 9.97.